The second-order valence-corrected chi connectivity index (χ2v) is 5.47. The highest BCUT2D eigenvalue weighted by Gasteiger charge is 2.09. The zero-order chi connectivity index (χ0) is 15.5. The summed E-state index contributed by atoms with van der Waals surface area (Å²) in [6.45, 7) is 3.83. The Morgan fingerprint density at radius 3 is 2.33 bits per heavy atom. The van der Waals surface area contributed by atoms with Gasteiger partial charge in [-0.05, 0) is 44.2 Å². The van der Waals surface area contributed by atoms with Crippen molar-refractivity contribution >= 4 is 46.6 Å². The number of nitrogens with one attached hydrogen (secondary N) is 4. The van der Waals surface area contributed by atoms with Crippen molar-refractivity contribution in [2.75, 3.05) is 20.1 Å². The summed E-state index contributed by atoms with van der Waals surface area (Å²) in [6.07, 6.45) is 6.53. The molecule has 1 saturated heterocycles. The van der Waals surface area contributed by atoms with E-state index in [0.29, 0.717) is 15.9 Å². The van der Waals surface area contributed by atoms with Crippen molar-refractivity contribution in [2.45, 2.75) is 32.6 Å². The van der Waals surface area contributed by atoms with Gasteiger partial charge in [0.1, 0.15) is 0 Å². The van der Waals surface area contributed by atoms with E-state index >= 15 is 0 Å². The summed E-state index contributed by atoms with van der Waals surface area (Å²) in [4.78, 5) is 0. The molecule has 0 saturated carbocycles. The molecule has 0 radical (unpaired) electrons. The van der Waals surface area contributed by atoms with E-state index in [2.05, 4.69) is 36.8 Å². The lowest BCUT2D eigenvalue weighted by Gasteiger charge is -2.21. The highest BCUT2D eigenvalue weighted by atomic mass is 32.1. The highest BCUT2D eigenvalue weighted by molar-refractivity contribution is 7.80. The van der Waals surface area contributed by atoms with Crippen molar-refractivity contribution in [3.05, 3.63) is 0 Å². The first-order valence-corrected chi connectivity index (χ1v) is 7.80. The van der Waals surface area contributed by atoms with E-state index in [-0.39, 0.29) is 0 Å². The van der Waals surface area contributed by atoms with E-state index in [9.17, 15) is 0 Å². The van der Waals surface area contributed by atoms with Crippen LogP contribution in [0.15, 0.2) is 10.2 Å². The summed E-state index contributed by atoms with van der Waals surface area (Å²) in [5.74, 6) is 0. The van der Waals surface area contributed by atoms with Crippen molar-refractivity contribution in [3.8, 4) is 0 Å². The van der Waals surface area contributed by atoms with Gasteiger partial charge in [-0.2, -0.15) is 10.2 Å². The molecule has 1 rings (SSSR count). The van der Waals surface area contributed by atoms with Crippen molar-refractivity contribution in [2.24, 2.45) is 10.2 Å². The van der Waals surface area contributed by atoms with Gasteiger partial charge < -0.3 is 5.32 Å². The molecule has 1 heterocycles. The fourth-order valence-electron chi connectivity index (χ4n) is 1.76. The predicted molar refractivity (Wildman–Crippen MR) is 95.3 cm³/mol. The van der Waals surface area contributed by atoms with E-state index in [1.54, 1.807) is 13.3 Å². The first kappa shape index (κ1) is 17.7. The van der Waals surface area contributed by atoms with Gasteiger partial charge in [0.25, 0.3) is 0 Å². The van der Waals surface area contributed by atoms with Crippen LogP contribution >= 0.6 is 24.4 Å². The minimum Gasteiger partial charge on any atom is -0.364 e. The first-order chi connectivity index (χ1) is 10.1. The van der Waals surface area contributed by atoms with Gasteiger partial charge in [0, 0.05) is 20.1 Å². The summed E-state index contributed by atoms with van der Waals surface area (Å²) in [6, 6.07) is 0. The van der Waals surface area contributed by atoms with Gasteiger partial charge in [-0.3, -0.25) is 16.3 Å². The third-order valence-corrected chi connectivity index (χ3v) is 3.32. The molecule has 4 N–H and O–H groups in total. The quantitative estimate of drug-likeness (QED) is 0.344. The average Bonchev–Trinajstić information content (AvgIpc) is 2.73. The van der Waals surface area contributed by atoms with Crippen LogP contribution in [-0.4, -0.2) is 47.3 Å². The van der Waals surface area contributed by atoms with Crippen LogP contribution in [0.3, 0.4) is 0 Å². The van der Waals surface area contributed by atoms with E-state index < -0.39 is 0 Å². The maximum atomic E-state index is 5.19. The predicted octanol–water partition coefficient (Wildman–Crippen LogP) is 0.697. The second-order valence-electron chi connectivity index (χ2n) is 4.66. The molecule has 0 aromatic carbocycles. The molecule has 0 unspecified atom stereocenters. The molecule has 1 fully saturated rings. The summed E-state index contributed by atoms with van der Waals surface area (Å²) >= 11 is 10.1. The number of rotatable bonds is 4. The van der Waals surface area contributed by atoms with E-state index in [4.69, 9.17) is 24.4 Å². The Morgan fingerprint density at radius 1 is 1.05 bits per heavy atom. The molecule has 7 nitrogen and oxygen atoms in total. The van der Waals surface area contributed by atoms with Crippen LogP contribution < -0.4 is 21.6 Å². The second kappa shape index (κ2) is 10.4. The molecular weight excluding hydrogens is 306 g/mol. The molecule has 1 aliphatic rings. The van der Waals surface area contributed by atoms with Crippen LogP contribution in [0, 0.1) is 0 Å². The fourth-order valence-corrected chi connectivity index (χ4v) is 1.99. The lowest BCUT2D eigenvalue weighted by molar-refractivity contribution is 0.244. The monoisotopic (exact) mass is 329 g/mol. The van der Waals surface area contributed by atoms with E-state index in [1.165, 1.54) is 25.7 Å². The molecule has 0 aromatic rings. The summed E-state index contributed by atoms with van der Waals surface area (Å²) < 4.78 is 0. The van der Waals surface area contributed by atoms with Crippen molar-refractivity contribution in [1.29, 1.82) is 0 Å². The van der Waals surface area contributed by atoms with Gasteiger partial charge in [0.05, 0.1) is 11.9 Å². The van der Waals surface area contributed by atoms with E-state index in [0.717, 1.165) is 13.1 Å². The van der Waals surface area contributed by atoms with Crippen LogP contribution in [0.25, 0.3) is 0 Å². The topological polar surface area (TPSA) is 76.1 Å². The number of nitrogens with zero attached hydrogens (tertiary/aromatic N) is 3. The lowest BCUT2D eigenvalue weighted by atomic mass is 10.2. The Kier molecular flexibility index (Phi) is 8.79. The van der Waals surface area contributed by atoms with Crippen LogP contribution in [-0.2, 0) is 0 Å². The van der Waals surface area contributed by atoms with Gasteiger partial charge in [-0.15, -0.1) is 0 Å². The molecule has 0 spiro atoms. The normalized spacial score (nSPS) is 17.1. The van der Waals surface area contributed by atoms with Crippen molar-refractivity contribution in [3.63, 3.8) is 0 Å². The van der Waals surface area contributed by atoms with Gasteiger partial charge in [0.15, 0.2) is 5.11 Å². The van der Waals surface area contributed by atoms with Crippen LogP contribution in [0.2, 0.25) is 0 Å². The number of hydrazine groups is 1. The largest absolute Gasteiger partial charge is 0.364 e. The number of thiocarbonyl (C=S) groups is 2. The standard InChI is InChI=1S/C12H23N7S2/c1-10(15-17-11(20)13-2)9-14-16-12(21)18-19-7-5-3-4-6-8-19/h9H,3-8H2,1-2H3,(H2,13,17,20)(H2,16,18,21)/b14-9+,15-10+. The van der Waals surface area contributed by atoms with Gasteiger partial charge in [0.2, 0.25) is 5.11 Å². The molecule has 0 amide bonds. The molecular formula is C12H23N7S2. The minimum atomic E-state index is 0.453. The fraction of sp³-hybridized carbons (Fsp3) is 0.667. The maximum Gasteiger partial charge on any atom is 0.201 e. The Hall–Kier alpha value is -1.32. The third kappa shape index (κ3) is 8.53. The number of hydrogen-bond donors (Lipinski definition) is 4. The van der Waals surface area contributed by atoms with Gasteiger partial charge >= 0.3 is 0 Å². The molecule has 0 aromatic heterocycles. The molecule has 118 valence electrons. The Morgan fingerprint density at radius 2 is 1.71 bits per heavy atom. The average molecular weight is 329 g/mol. The maximum absolute atomic E-state index is 5.19. The third-order valence-electron chi connectivity index (χ3n) is 2.84. The highest BCUT2D eigenvalue weighted by Crippen LogP contribution is 2.07. The number of hydrogen-bond acceptors (Lipinski definition) is 5. The molecule has 0 aliphatic carbocycles. The zero-order valence-corrected chi connectivity index (χ0v) is 14.1. The Labute approximate surface area is 136 Å². The van der Waals surface area contributed by atoms with Gasteiger partial charge in [-0.1, -0.05) is 12.8 Å². The first-order valence-electron chi connectivity index (χ1n) is 6.98. The lowest BCUT2D eigenvalue weighted by Crippen LogP contribution is -2.46. The molecule has 0 bridgehead atoms. The molecule has 1 aliphatic heterocycles. The SMILES string of the molecule is CNC(=S)N/N=C(C)/C=N/NC(=S)NN1CCCCCC1. The van der Waals surface area contributed by atoms with Crippen LogP contribution in [0.1, 0.15) is 32.6 Å². The summed E-state index contributed by atoms with van der Waals surface area (Å²) in [5.41, 5.74) is 9.27. The van der Waals surface area contributed by atoms with Crippen molar-refractivity contribution < 1.29 is 0 Å². The van der Waals surface area contributed by atoms with Crippen LogP contribution in [0.4, 0.5) is 0 Å². The Balaban J connectivity index is 2.27. The smallest absolute Gasteiger partial charge is 0.201 e. The zero-order valence-electron chi connectivity index (χ0n) is 12.5. The van der Waals surface area contributed by atoms with Crippen molar-refractivity contribution in [1.82, 2.24) is 26.6 Å². The van der Waals surface area contributed by atoms with E-state index in [1.807, 2.05) is 6.92 Å². The summed E-state index contributed by atoms with van der Waals surface area (Å²) in [5, 5.41) is 13.9. The number of hydrazone groups is 2. The Bertz CT molecular complexity index is 400. The molecule has 0 atom stereocenters. The van der Waals surface area contributed by atoms with Crippen LogP contribution in [0.5, 0.6) is 0 Å². The molecule has 9 heteroatoms. The minimum absolute atomic E-state index is 0.453. The van der Waals surface area contributed by atoms with Gasteiger partial charge in [-0.25, -0.2) is 5.01 Å². The molecule has 21 heavy (non-hydrogen) atoms. The summed E-state index contributed by atoms with van der Waals surface area (Å²) in [7, 11) is 1.72.